The van der Waals surface area contributed by atoms with Gasteiger partial charge in [0.2, 0.25) is 0 Å². The zero-order valence-corrected chi connectivity index (χ0v) is 14.8. The van der Waals surface area contributed by atoms with Crippen molar-refractivity contribution in [2.75, 3.05) is 32.7 Å². The summed E-state index contributed by atoms with van der Waals surface area (Å²) in [5.74, 6) is 1.58. The first-order valence-electron chi connectivity index (χ1n) is 8.99. The first kappa shape index (κ1) is 17.5. The highest BCUT2D eigenvalue weighted by molar-refractivity contribution is 5.36. The lowest BCUT2D eigenvalue weighted by Gasteiger charge is -2.36. The van der Waals surface area contributed by atoms with Gasteiger partial charge in [-0.25, -0.2) is 0 Å². The molecule has 0 spiro atoms. The summed E-state index contributed by atoms with van der Waals surface area (Å²) in [6.07, 6.45) is 1.18. The van der Waals surface area contributed by atoms with Crippen LogP contribution in [0.2, 0.25) is 0 Å². The second-order valence-electron chi connectivity index (χ2n) is 6.40. The van der Waals surface area contributed by atoms with E-state index in [9.17, 15) is 5.26 Å². The van der Waals surface area contributed by atoms with E-state index in [1.807, 2.05) is 54.6 Å². The Hall–Kier alpha value is -2.35. The number of benzene rings is 2. The van der Waals surface area contributed by atoms with Crippen LogP contribution in [0.5, 0.6) is 11.5 Å². The molecule has 1 saturated heterocycles. The summed E-state index contributed by atoms with van der Waals surface area (Å²) in [5.41, 5.74) is 1.000. The largest absolute Gasteiger partial charge is 0.457 e. The van der Waals surface area contributed by atoms with Crippen molar-refractivity contribution in [1.82, 2.24) is 9.80 Å². The highest BCUT2D eigenvalue weighted by Crippen LogP contribution is 2.27. The molecular formula is C21H25N3O. The molecule has 0 aliphatic carbocycles. The third-order valence-electron chi connectivity index (χ3n) is 4.59. The zero-order chi connectivity index (χ0) is 17.5. The maximum Gasteiger partial charge on any atom is 0.127 e. The molecule has 1 fully saturated rings. The number of hydrogen-bond donors (Lipinski definition) is 0. The summed E-state index contributed by atoms with van der Waals surface area (Å²) >= 11 is 0. The van der Waals surface area contributed by atoms with Crippen LogP contribution in [0.1, 0.15) is 24.9 Å². The molecule has 0 amide bonds. The van der Waals surface area contributed by atoms with Crippen molar-refractivity contribution in [3.63, 3.8) is 0 Å². The molecular weight excluding hydrogens is 310 g/mol. The predicted octanol–water partition coefficient (Wildman–Crippen LogP) is 4.07. The zero-order valence-electron chi connectivity index (χ0n) is 14.8. The van der Waals surface area contributed by atoms with Crippen molar-refractivity contribution >= 4 is 0 Å². The molecule has 1 heterocycles. The van der Waals surface area contributed by atoms with Crippen LogP contribution in [0.3, 0.4) is 0 Å². The van der Waals surface area contributed by atoms with E-state index < -0.39 is 0 Å². The Balaban J connectivity index is 1.69. The van der Waals surface area contributed by atoms with Crippen molar-refractivity contribution in [3.8, 4) is 17.6 Å². The summed E-state index contributed by atoms with van der Waals surface area (Å²) in [7, 11) is 0. The molecule has 1 aliphatic heterocycles. The van der Waals surface area contributed by atoms with Gasteiger partial charge in [0.25, 0.3) is 0 Å². The number of para-hydroxylation sites is 1. The molecule has 0 radical (unpaired) electrons. The van der Waals surface area contributed by atoms with Crippen LogP contribution in [0.4, 0.5) is 0 Å². The first-order valence-corrected chi connectivity index (χ1v) is 8.99. The summed E-state index contributed by atoms with van der Waals surface area (Å²) < 4.78 is 5.91. The molecule has 3 rings (SSSR count). The van der Waals surface area contributed by atoms with Crippen LogP contribution in [-0.2, 0) is 0 Å². The van der Waals surface area contributed by atoms with Crippen molar-refractivity contribution in [2.45, 2.75) is 19.4 Å². The van der Waals surface area contributed by atoms with Gasteiger partial charge in [0, 0.05) is 26.2 Å². The number of nitrogens with zero attached hydrogens (tertiary/aromatic N) is 3. The van der Waals surface area contributed by atoms with Gasteiger partial charge in [-0.15, -0.1) is 0 Å². The average Bonchev–Trinajstić information content (AvgIpc) is 2.65. The summed E-state index contributed by atoms with van der Waals surface area (Å²) in [6, 6.07) is 19.9. The molecule has 0 saturated carbocycles. The van der Waals surface area contributed by atoms with Crippen molar-refractivity contribution in [3.05, 3.63) is 60.2 Å². The lowest BCUT2D eigenvalue weighted by atomic mass is 10.1. The number of nitriles is 1. The minimum Gasteiger partial charge on any atom is -0.457 e. The quantitative estimate of drug-likeness (QED) is 0.798. The van der Waals surface area contributed by atoms with E-state index in [2.05, 4.69) is 22.8 Å². The molecule has 25 heavy (non-hydrogen) atoms. The summed E-state index contributed by atoms with van der Waals surface area (Å²) in [5, 5.41) is 9.74. The normalized spacial score (nSPS) is 17.0. The van der Waals surface area contributed by atoms with Gasteiger partial charge in [0.15, 0.2) is 0 Å². The molecule has 1 unspecified atom stereocenters. The third kappa shape index (κ3) is 4.60. The maximum absolute atomic E-state index is 9.74. The van der Waals surface area contributed by atoms with Crippen LogP contribution in [0.15, 0.2) is 54.6 Å². The van der Waals surface area contributed by atoms with Crippen LogP contribution in [0, 0.1) is 11.3 Å². The van der Waals surface area contributed by atoms with Crippen LogP contribution >= 0.6 is 0 Å². The van der Waals surface area contributed by atoms with Crippen molar-refractivity contribution in [1.29, 1.82) is 5.26 Å². The molecule has 0 bridgehead atoms. The Morgan fingerprint density at radius 1 is 1.00 bits per heavy atom. The third-order valence-corrected chi connectivity index (χ3v) is 4.59. The van der Waals surface area contributed by atoms with Crippen LogP contribution in [-0.4, -0.2) is 42.5 Å². The van der Waals surface area contributed by atoms with Gasteiger partial charge in [-0.3, -0.25) is 4.90 Å². The number of ether oxygens (including phenoxy) is 1. The second kappa shape index (κ2) is 8.66. The molecule has 130 valence electrons. The molecule has 2 aromatic rings. The van der Waals surface area contributed by atoms with Gasteiger partial charge < -0.3 is 9.64 Å². The highest BCUT2D eigenvalue weighted by Gasteiger charge is 2.24. The molecule has 2 aromatic carbocycles. The predicted molar refractivity (Wildman–Crippen MR) is 99.6 cm³/mol. The Morgan fingerprint density at radius 2 is 1.72 bits per heavy atom. The van der Waals surface area contributed by atoms with Gasteiger partial charge in [-0.2, -0.15) is 5.26 Å². The fourth-order valence-electron chi connectivity index (χ4n) is 3.30. The Kier molecular flexibility index (Phi) is 6.05. The SMILES string of the molecule is CCCN1CCN(C(C#N)c2cccc(Oc3ccccc3)c2)CC1. The second-order valence-corrected chi connectivity index (χ2v) is 6.40. The first-order chi connectivity index (χ1) is 12.3. The van der Waals surface area contributed by atoms with E-state index in [0.29, 0.717) is 0 Å². The standard InChI is InChI=1S/C21H25N3O/c1-2-11-23-12-14-24(15-13-23)21(17-22)18-7-6-10-20(16-18)25-19-8-4-3-5-9-19/h3-10,16,21H,2,11-15H2,1H3. The maximum atomic E-state index is 9.74. The van der Waals surface area contributed by atoms with E-state index in [4.69, 9.17) is 4.74 Å². The topological polar surface area (TPSA) is 39.5 Å². The number of piperazine rings is 1. The van der Waals surface area contributed by atoms with Crippen LogP contribution in [0.25, 0.3) is 0 Å². The minimum atomic E-state index is -0.219. The van der Waals surface area contributed by atoms with E-state index in [1.165, 1.54) is 6.42 Å². The van der Waals surface area contributed by atoms with E-state index in [-0.39, 0.29) is 6.04 Å². The van der Waals surface area contributed by atoms with Gasteiger partial charge in [0.05, 0.1) is 6.07 Å². The van der Waals surface area contributed by atoms with Gasteiger partial charge in [-0.1, -0.05) is 37.3 Å². The van der Waals surface area contributed by atoms with E-state index in [1.54, 1.807) is 0 Å². The minimum absolute atomic E-state index is 0.219. The summed E-state index contributed by atoms with van der Waals surface area (Å²) in [4.78, 5) is 4.74. The van der Waals surface area contributed by atoms with Crippen LogP contribution < -0.4 is 4.74 Å². The fraction of sp³-hybridized carbons (Fsp3) is 0.381. The monoisotopic (exact) mass is 335 g/mol. The molecule has 4 heteroatoms. The fourth-order valence-corrected chi connectivity index (χ4v) is 3.30. The number of rotatable bonds is 6. The van der Waals surface area contributed by atoms with Gasteiger partial charge in [-0.05, 0) is 42.8 Å². The van der Waals surface area contributed by atoms with Gasteiger partial charge in [0.1, 0.15) is 17.5 Å². The molecule has 4 nitrogen and oxygen atoms in total. The Labute approximate surface area is 150 Å². The lowest BCUT2D eigenvalue weighted by Crippen LogP contribution is -2.47. The highest BCUT2D eigenvalue weighted by atomic mass is 16.5. The van der Waals surface area contributed by atoms with Crippen molar-refractivity contribution < 1.29 is 4.74 Å². The Morgan fingerprint density at radius 3 is 2.40 bits per heavy atom. The molecule has 0 N–H and O–H groups in total. The summed E-state index contributed by atoms with van der Waals surface area (Å²) in [6.45, 7) is 7.29. The van der Waals surface area contributed by atoms with Crippen molar-refractivity contribution in [2.24, 2.45) is 0 Å². The smallest absolute Gasteiger partial charge is 0.127 e. The molecule has 0 aromatic heterocycles. The molecule has 1 atom stereocenters. The molecule has 1 aliphatic rings. The van der Waals surface area contributed by atoms with E-state index >= 15 is 0 Å². The van der Waals surface area contributed by atoms with E-state index in [0.717, 1.165) is 49.8 Å². The average molecular weight is 335 g/mol. The van der Waals surface area contributed by atoms with Gasteiger partial charge >= 0.3 is 0 Å². The number of hydrogen-bond acceptors (Lipinski definition) is 4. The Bertz CT molecular complexity index is 703. The lowest BCUT2D eigenvalue weighted by molar-refractivity contribution is 0.114.